The van der Waals surface area contributed by atoms with Gasteiger partial charge in [0.2, 0.25) is 11.6 Å². The third-order valence-electron chi connectivity index (χ3n) is 4.66. The third-order valence-corrected chi connectivity index (χ3v) is 4.66. The van der Waals surface area contributed by atoms with Crippen LogP contribution in [0.4, 0.5) is 0 Å². The molecule has 148 valence electrons. The van der Waals surface area contributed by atoms with Crippen LogP contribution in [0.2, 0.25) is 0 Å². The molecule has 1 aromatic rings. The van der Waals surface area contributed by atoms with Gasteiger partial charge in [-0.05, 0) is 31.0 Å². The number of methoxy groups -OCH3 is 2. The molecule has 0 saturated heterocycles. The van der Waals surface area contributed by atoms with E-state index >= 15 is 0 Å². The summed E-state index contributed by atoms with van der Waals surface area (Å²) >= 11 is 0. The number of ether oxygens (including phenoxy) is 2. The Morgan fingerprint density at radius 1 is 1.00 bits per heavy atom. The number of nitrogens with one attached hydrogen (secondary N) is 1. The van der Waals surface area contributed by atoms with E-state index in [-0.39, 0.29) is 23.2 Å². The van der Waals surface area contributed by atoms with Gasteiger partial charge in [-0.2, -0.15) is 0 Å². The maximum absolute atomic E-state index is 11.2. The molecule has 2 unspecified atom stereocenters. The van der Waals surface area contributed by atoms with Gasteiger partial charge in [0.25, 0.3) is 11.7 Å². The second-order valence-corrected chi connectivity index (χ2v) is 6.10. The summed E-state index contributed by atoms with van der Waals surface area (Å²) in [5.74, 6) is 3.59. The van der Waals surface area contributed by atoms with Crippen molar-refractivity contribution in [2.24, 2.45) is 17.7 Å². The van der Waals surface area contributed by atoms with Crippen molar-refractivity contribution in [2.75, 3.05) is 14.2 Å². The Morgan fingerprint density at radius 2 is 1.52 bits per heavy atom. The average Bonchev–Trinajstić information content (AvgIpc) is 2.91. The van der Waals surface area contributed by atoms with Crippen molar-refractivity contribution in [3.05, 3.63) is 23.8 Å². The number of carbonyl (C=O) groups excluding carboxylic acids is 4. The van der Waals surface area contributed by atoms with Crippen molar-refractivity contribution in [3.63, 3.8) is 0 Å². The number of rotatable bonds is 3. The Bertz CT molecular complexity index is 706. The zero-order valence-corrected chi connectivity index (χ0v) is 15.2. The normalized spacial score (nSPS) is 20.6. The van der Waals surface area contributed by atoms with E-state index in [4.69, 9.17) is 15.3 Å². The second kappa shape index (κ2) is 9.79. The lowest BCUT2D eigenvalue weighted by molar-refractivity contribution is -0.141. The van der Waals surface area contributed by atoms with Crippen LogP contribution in [0.15, 0.2) is 18.2 Å². The summed E-state index contributed by atoms with van der Waals surface area (Å²) < 4.78 is 10.0. The zero-order chi connectivity index (χ0) is 19.3. The van der Waals surface area contributed by atoms with E-state index in [0.29, 0.717) is 17.1 Å². The molecule has 0 aromatic heterocycles. The molecule has 1 amide bonds. The van der Waals surface area contributed by atoms with E-state index in [1.165, 1.54) is 14.2 Å². The first-order chi connectivity index (χ1) is 12.4. The number of benzene rings is 1. The lowest BCUT2D eigenvalue weighted by Crippen LogP contribution is -2.29. The Hall–Kier alpha value is -2.78. The van der Waals surface area contributed by atoms with Crippen molar-refractivity contribution in [2.45, 2.75) is 25.7 Å². The van der Waals surface area contributed by atoms with Crippen molar-refractivity contribution < 1.29 is 34.1 Å². The summed E-state index contributed by atoms with van der Waals surface area (Å²) in [6.45, 7) is 0. The van der Waals surface area contributed by atoms with Gasteiger partial charge >= 0.3 is 0 Å². The molecule has 0 radical (unpaired) electrons. The Balaban J connectivity index is 0.000000262. The maximum Gasteiger partial charge on any atom is 0.265 e. The molecule has 0 bridgehead atoms. The first-order valence-electron chi connectivity index (χ1n) is 8.30. The van der Waals surface area contributed by atoms with Crippen LogP contribution >= 0.6 is 0 Å². The van der Waals surface area contributed by atoms with E-state index in [9.17, 15) is 19.2 Å². The quantitative estimate of drug-likeness (QED) is 0.323. The molecule has 0 heterocycles. The maximum atomic E-state index is 11.2. The number of Topliss-reactive ketones (excluding diaryl/α,β-unsaturated/α-hetero) is 3. The van der Waals surface area contributed by atoms with Crippen molar-refractivity contribution >= 4 is 23.3 Å². The molecule has 9 heteroatoms. The summed E-state index contributed by atoms with van der Waals surface area (Å²) in [7, 11) is 3.03. The molecule has 2 atom stereocenters. The van der Waals surface area contributed by atoms with Crippen LogP contribution in [0.25, 0.3) is 0 Å². The Morgan fingerprint density at radius 3 is 1.96 bits per heavy atom. The zero-order valence-electron chi connectivity index (χ0n) is 15.2. The molecule has 2 aliphatic rings. The summed E-state index contributed by atoms with van der Waals surface area (Å²) in [6, 6.07) is 4.80. The van der Waals surface area contributed by atoms with Gasteiger partial charge in [0.1, 0.15) is 0 Å². The number of hydrogen-bond donors (Lipinski definition) is 2. The number of hydrazine groups is 1. The number of amides is 1. The Labute approximate surface area is 156 Å². The monoisotopic (exact) mass is 380 g/mol. The average molecular weight is 380 g/mol. The minimum absolute atomic E-state index is 0. The van der Waals surface area contributed by atoms with Gasteiger partial charge in [0.15, 0.2) is 11.5 Å². The van der Waals surface area contributed by atoms with Crippen molar-refractivity contribution in [3.8, 4) is 11.5 Å². The van der Waals surface area contributed by atoms with Gasteiger partial charge in [0.05, 0.1) is 14.2 Å². The predicted molar refractivity (Wildman–Crippen MR) is 95.3 cm³/mol. The highest BCUT2D eigenvalue weighted by molar-refractivity contribution is 6.68. The SMILES string of the molecule is COc1ccc(C(=O)NN)cc1OC.O.O=C1C(=O)C2CCCCC2C1=O. The van der Waals surface area contributed by atoms with Crippen LogP contribution in [-0.2, 0) is 14.4 Å². The molecule has 27 heavy (non-hydrogen) atoms. The minimum atomic E-state index is -0.744. The van der Waals surface area contributed by atoms with Crippen LogP contribution in [0.3, 0.4) is 0 Å². The van der Waals surface area contributed by atoms with Crippen LogP contribution in [0.5, 0.6) is 11.5 Å². The van der Waals surface area contributed by atoms with Gasteiger partial charge in [-0.25, -0.2) is 5.84 Å². The Kier molecular flexibility index (Phi) is 8.07. The van der Waals surface area contributed by atoms with E-state index in [2.05, 4.69) is 0 Å². The number of nitrogens with two attached hydrogens (primary N) is 1. The van der Waals surface area contributed by atoms with Gasteiger partial charge < -0.3 is 14.9 Å². The van der Waals surface area contributed by atoms with E-state index < -0.39 is 17.3 Å². The number of carbonyl (C=O) groups is 4. The predicted octanol–water partition coefficient (Wildman–Crippen LogP) is -0.00370. The third kappa shape index (κ3) is 4.69. The molecule has 2 saturated carbocycles. The molecule has 2 fully saturated rings. The van der Waals surface area contributed by atoms with Crippen molar-refractivity contribution in [1.82, 2.24) is 5.43 Å². The molecule has 0 spiro atoms. The molecule has 1 aromatic carbocycles. The summed E-state index contributed by atoms with van der Waals surface area (Å²) in [4.78, 5) is 44.5. The fourth-order valence-electron chi connectivity index (χ4n) is 3.28. The van der Waals surface area contributed by atoms with Crippen LogP contribution in [0, 0.1) is 11.8 Å². The van der Waals surface area contributed by atoms with Crippen LogP contribution in [0.1, 0.15) is 36.0 Å². The minimum Gasteiger partial charge on any atom is -0.493 e. The first-order valence-corrected chi connectivity index (χ1v) is 8.30. The number of nitrogen functional groups attached to an aromatic ring is 1. The summed E-state index contributed by atoms with van der Waals surface area (Å²) in [5.41, 5.74) is 2.46. The highest BCUT2D eigenvalue weighted by atomic mass is 16.5. The van der Waals surface area contributed by atoms with E-state index in [0.717, 1.165) is 25.7 Å². The molecule has 5 N–H and O–H groups in total. The first kappa shape index (κ1) is 22.3. The largest absolute Gasteiger partial charge is 0.493 e. The number of ketones is 3. The molecule has 9 nitrogen and oxygen atoms in total. The molecular weight excluding hydrogens is 356 g/mol. The summed E-state index contributed by atoms with van der Waals surface area (Å²) in [6.07, 6.45) is 3.43. The fourth-order valence-corrected chi connectivity index (χ4v) is 3.28. The number of hydrogen-bond acceptors (Lipinski definition) is 7. The molecule has 3 rings (SSSR count). The number of fused-ring (bicyclic) bond motifs is 1. The van der Waals surface area contributed by atoms with Gasteiger partial charge in [-0.3, -0.25) is 24.6 Å². The van der Waals surface area contributed by atoms with E-state index in [1.807, 2.05) is 5.43 Å². The summed E-state index contributed by atoms with van der Waals surface area (Å²) in [5, 5.41) is 0. The highest BCUT2D eigenvalue weighted by Gasteiger charge is 2.48. The van der Waals surface area contributed by atoms with Gasteiger partial charge in [-0.1, -0.05) is 12.8 Å². The molecule has 2 aliphatic carbocycles. The lowest BCUT2D eigenvalue weighted by Gasteiger charge is -2.20. The van der Waals surface area contributed by atoms with E-state index in [1.54, 1.807) is 18.2 Å². The lowest BCUT2D eigenvalue weighted by atomic mass is 9.81. The van der Waals surface area contributed by atoms with Gasteiger partial charge in [0, 0.05) is 17.4 Å². The topological polar surface area (TPSA) is 156 Å². The van der Waals surface area contributed by atoms with Crippen molar-refractivity contribution in [1.29, 1.82) is 0 Å². The molecular formula is C18H24N2O7. The standard InChI is InChI=1S/C9H12N2O3.C9H10O3.H2O/c1-13-7-4-3-6(9(12)11-10)5-8(7)14-2;10-7-5-3-1-2-4-6(5)8(11)9(7)12;/h3-5H,10H2,1-2H3,(H,11,12);5-6H,1-4H2;1H2. The van der Waals surface area contributed by atoms with Gasteiger partial charge in [-0.15, -0.1) is 0 Å². The van der Waals surface area contributed by atoms with Crippen LogP contribution in [-0.4, -0.2) is 43.0 Å². The molecule has 0 aliphatic heterocycles. The second-order valence-electron chi connectivity index (χ2n) is 6.10. The fraction of sp³-hybridized carbons (Fsp3) is 0.444. The van der Waals surface area contributed by atoms with Crippen LogP contribution < -0.4 is 20.7 Å². The highest BCUT2D eigenvalue weighted by Crippen LogP contribution is 2.36. The smallest absolute Gasteiger partial charge is 0.265 e.